The third-order valence-electron chi connectivity index (χ3n) is 6.01. The fraction of sp³-hybridized carbons (Fsp3) is 0.636. The molecule has 0 radical (unpaired) electrons. The maximum Gasteiger partial charge on any atom is 0.194 e. The van der Waals surface area contributed by atoms with E-state index in [1.165, 1.54) is 5.56 Å². The molecule has 2 aromatic rings. The number of guanidine groups is 1. The number of hydrogen-bond donors (Lipinski definition) is 1. The van der Waals surface area contributed by atoms with Crippen LogP contribution in [-0.2, 0) is 11.8 Å². The summed E-state index contributed by atoms with van der Waals surface area (Å²) in [4.78, 5) is 9.87. The molecule has 9 heteroatoms. The van der Waals surface area contributed by atoms with Crippen molar-refractivity contribution >= 4 is 29.9 Å². The number of aromatic nitrogens is 2. The smallest absolute Gasteiger partial charge is 0.194 e. The van der Waals surface area contributed by atoms with Crippen molar-refractivity contribution in [1.82, 2.24) is 24.9 Å². The van der Waals surface area contributed by atoms with Crippen LogP contribution in [0.3, 0.4) is 0 Å². The van der Waals surface area contributed by atoms with E-state index < -0.39 is 0 Å². The number of nitrogens with zero attached hydrogens (tertiary/aromatic N) is 5. The summed E-state index contributed by atoms with van der Waals surface area (Å²) in [5.41, 5.74) is 1.31. The number of furan rings is 1. The van der Waals surface area contributed by atoms with Gasteiger partial charge < -0.3 is 19.4 Å². The first kappa shape index (κ1) is 24.1. The highest BCUT2D eigenvalue weighted by Crippen LogP contribution is 2.28. The Hall–Kier alpha value is -1.59. The first-order valence-corrected chi connectivity index (χ1v) is 11.0. The minimum Gasteiger partial charge on any atom is -0.465 e. The largest absolute Gasteiger partial charge is 0.465 e. The summed E-state index contributed by atoms with van der Waals surface area (Å²) in [5, 5.41) is 7.84. The Kier molecular flexibility index (Phi) is 8.79. The van der Waals surface area contributed by atoms with Gasteiger partial charge in [-0.1, -0.05) is 0 Å². The maximum absolute atomic E-state index is 6.00. The van der Waals surface area contributed by atoms with Gasteiger partial charge in [-0.05, 0) is 38.0 Å². The molecule has 2 atom stereocenters. The van der Waals surface area contributed by atoms with Gasteiger partial charge in [0.05, 0.1) is 32.0 Å². The monoisotopic (exact) mass is 542 g/mol. The van der Waals surface area contributed by atoms with Gasteiger partial charge in [-0.25, -0.2) is 0 Å². The zero-order valence-electron chi connectivity index (χ0n) is 18.8. The fourth-order valence-electron chi connectivity index (χ4n) is 4.38. The Morgan fingerprint density at radius 2 is 2.10 bits per heavy atom. The molecule has 8 nitrogen and oxygen atoms in total. The number of nitrogens with one attached hydrogen (secondary N) is 1. The summed E-state index contributed by atoms with van der Waals surface area (Å²) < 4.78 is 13.4. The van der Waals surface area contributed by atoms with Gasteiger partial charge in [0.1, 0.15) is 11.5 Å². The number of ether oxygens (including phenoxy) is 1. The topological polar surface area (TPSA) is 71.1 Å². The number of aliphatic imine (C=N–C) groups is 1. The highest BCUT2D eigenvalue weighted by Gasteiger charge is 2.29. The average Bonchev–Trinajstić information content (AvgIpc) is 3.49. The highest BCUT2D eigenvalue weighted by atomic mass is 127. The molecular formula is C22H35IN6O2. The van der Waals surface area contributed by atoms with Crippen LogP contribution in [0.15, 0.2) is 33.9 Å². The lowest BCUT2D eigenvalue weighted by Crippen LogP contribution is -2.42. The van der Waals surface area contributed by atoms with Crippen LogP contribution in [-0.4, -0.2) is 78.0 Å². The molecular weight excluding hydrogens is 507 g/mol. The molecule has 2 saturated heterocycles. The van der Waals surface area contributed by atoms with Crippen LogP contribution in [0.25, 0.3) is 0 Å². The van der Waals surface area contributed by atoms with Crippen molar-refractivity contribution < 1.29 is 9.15 Å². The Morgan fingerprint density at radius 3 is 2.74 bits per heavy atom. The van der Waals surface area contributed by atoms with Crippen LogP contribution < -0.4 is 5.32 Å². The second-order valence-electron chi connectivity index (χ2n) is 8.19. The van der Waals surface area contributed by atoms with Crippen molar-refractivity contribution in [2.24, 2.45) is 12.0 Å². The van der Waals surface area contributed by atoms with Crippen LogP contribution in [0.1, 0.15) is 42.4 Å². The minimum atomic E-state index is 0. The van der Waals surface area contributed by atoms with Gasteiger partial charge in [0, 0.05) is 51.9 Å². The quantitative estimate of drug-likeness (QED) is 0.344. The normalized spacial score (nSPS) is 21.2. The van der Waals surface area contributed by atoms with Crippen LogP contribution in [0, 0.1) is 6.92 Å². The van der Waals surface area contributed by atoms with E-state index in [4.69, 9.17) is 14.1 Å². The van der Waals surface area contributed by atoms with E-state index in [9.17, 15) is 0 Å². The number of halogens is 1. The molecule has 2 unspecified atom stereocenters. The predicted octanol–water partition coefficient (Wildman–Crippen LogP) is 2.77. The van der Waals surface area contributed by atoms with E-state index >= 15 is 0 Å². The molecule has 0 spiro atoms. The zero-order chi connectivity index (χ0) is 20.9. The number of likely N-dealkylation sites (tertiary alicyclic amines) is 1. The van der Waals surface area contributed by atoms with Gasteiger partial charge in [-0.2, -0.15) is 5.10 Å². The Balaban J connectivity index is 0.00000272. The first-order valence-electron chi connectivity index (χ1n) is 11.0. The number of hydrogen-bond acceptors (Lipinski definition) is 5. The second kappa shape index (κ2) is 11.3. The van der Waals surface area contributed by atoms with E-state index in [1.807, 2.05) is 30.9 Å². The van der Waals surface area contributed by atoms with Gasteiger partial charge in [0.15, 0.2) is 5.96 Å². The molecule has 1 N–H and O–H groups in total. The van der Waals surface area contributed by atoms with Crippen LogP contribution >= 0.6 is 24.0 Å². The third kappa shape index (κ3) is 6.01. The Labute approximate surface area is 202 Å². The zero-order valence-corrected chi connectivity index (χ0v) is 21.1. The Morgan fingerprint density at radius 1 is 1.29 bits per heavy atom. The second-order valence-corrected chi connectivity index (χ2v) is 8.19. The molecule has 4 heterocycles. The van der Waals surface area contributed by atoms with Crippen molar-refractivity contribution in [3.8, 4) is 0 Å². The van der Waals surface area contributed by atoms with Crippen molar-refractivity contribution in [3.63, 3.8) is 0 Å². The van der Waals surface area contributed by atoms with Gasteiger partial charge in [0.25, 0.3) is 0 Å². The fourth-order valence-corrected chi connectivity index (χ4v) is 4.38. The number of aryl methyl sites for hydroxylation is 2. The summed E-state index contributed by atoms with van der Waals surface area (Å²) in [6.45, 7) is 11.0. The molecule has 0 aromatic carbocycles. The van der Waals surface area contributed by atoms with E-state index in [1.54, 1.807) is 0 Å². The maximum atomic E-state index is 6.00. The van der Waals surface area contributed by atoms with Crippen molar-refractivity contribution in [2.45, 2.75) is 32.2 Å². The molecule has 4 rings (SSSR count). The average molecular weight is 542 g/mol. The molecule has 0 bridgehead atoms. The molecule has 31 heavy (non-hydrogen) atoms. The van der Waals surface area contributed by atoms with Gasteiger partial charge in [-0.3, -0.25) is 14.6 Å². The van der Waals surface area contributed by atoms with Crippen LogP contribution in [0.4, 0.5) is 0 Å². The third-order valence-corrected chi connectivity index (χ3v) is 6.01. The van der Waals surface area contributed by atoms with Gasteiger partial charge >= 0.3 is 0 Å². The predicted molar refractivity (Wildman–Crippen MR) is 132 cm³/mol. The van der Waals surface area contributed by atoms with E-state index in [0.29, 0.717) is 12.5 Å². The minimum absolute atomic E-state index is 0. The summed E-state index contributed by atoms with van der Waals surface area (Å²) in [6.07, 6.45) is 5.25. The van der Waals surface area contributed by atoms with Crippen molar-refractivity contribution in [1.29, 1.82) is 0 Å². The highest BCUT2D eigenvalue weighted by molar-refractivity contribution is 14.0. The molecule has 0 saturated carbocycles. The lowest BCUT2D eigenvalue weighted by Gasteiger charge is -2.33. The van der Waals surface area contributed by atoms with Crippen molar-refractivity contribution in [2.75, 3.05) is 52.5 Å². The number of rotatable bonds is 6. The Bertz CT molecular complexity index is 845. The van der Waals surface area contributed by atoms with Gasteiger partial charge in [0.2, 0.25) is 0 Å². The van der Waals surface area contributed by atoms with Crippen LogP contribution in [0.5, 0.6) is 0 Å². The van der Waals surface area contributed by atoms with E-state index in [2.05, 4.69) is 39.4 Å². The molecule has 0 aliphatic carbocycles. The number of morpholine rings is 1. The molecule has 172 valence electrons. The SMILES string of the molecule is CCNC(=NCC(c1ccc(C)o1)N1CCOCC1)N1CCC(c2cnn(C)c2)C1.I. The van der Waals surface area contributed by atoms with Crippen molar-refractivity contribution in [3.05, 3.63) is 41.6 Å². The molecule has 0 amide bonds. The molecule has 2 aromatic heterocycles. The summed E-state index contributed by atoms with van der Waals surface area (Å²) in [7, 11) is 1.98. The molecule has 2 fully saturated rings. The summed E-state index contributed by atoms with van der Waals surface area (Å²) in [5.74, 6) is 3.43. The lowest BCUT2D eigenvalue weighted by atomic mass is 10.0. The standard InChI is InChI=1S/C22H34N6O2.HI/c1-4-23-22(28-8-7-18(16-28)19-13-25-26(3)15-19)24-14-20(21-6-5-17(2)30-21)27-9-11-29-12-10-27;/h5-6,13,15,18,20H,4,7-12,14,16H2,1-3H3,(H,23,24);1H. The summed E-state index contributed by atoms with van der Waals surface area (Å²) >= 11 is 0. The van der Waals surface area contributed by atoms with Gasteiger partial charge in [-0.15, -0.1) is 24.0 Å². The molecule has 2 aliphatic rings. The molecule has 2 aliphatic heterocycles. The van der Waals surface area contributed by atoms with E-state index in [0.717, 1.165) is 69.8 Å². The van der Waals surface area contributed by atoms with Crippen LogP contribution in [0.2, 0.25) is 0 Å². The summed E-state index contributed by atoms with van der Waals surface area (Å²) in [6, 6.07) is 4.26. The lowest BCUT2D eigenvalue weighted by molar-refractivity contribution is 0.0135. The van der Waals surface area contributed by atoms with E-state index in [-0.39, 0.29) is 30.0 Å². The first-order chi connectivity index (χ1) is 14.6.